The Morgan fingerprint density at radius 2 is 0.676 bits per heavy atom. The van der Waals surface area contributed by atoms with E-state index < -0.39 is 0 Å². The van der Waals surface area contributed by atoms with Crippen LogP contribution in [0.15, 0.2) is 0 Å². The molecule has 0 heterocycles. The summed E-state index contributed by atoms with van der Waals surface area (Å²) in [7, 11) is 1.63. The van der Waals surface area contributed by atoms with Crippen LogP contribution in [-0.2, 0) is 42.6 Å². The third kappa shape index (κ3) is 52.7. The van der Waals surface area contributed by atoms with Gasteiger partial charge in [0.15, 0.2) is 0 Å². The van der Waals surface area contributed by atoms with E-state index in [-0.39, 0.29) is 19.8 Å². The summed E-state index contributed by atoms with van der Waals surface area (Å²) in [6.07, 6.45) is 2.27. The fourth-order valence-corrected chi connectivity index (χ4v) is 2.03. The van der Waals surface area contributed by atoms with Gasteiger partial charge in [0, 0.05) is 20.3 Å². The second kappa shape index (κ2) is 45.4. The molecule has 0 aliphatic heterocycles. The monoisotopic (exact) mass is 548 g/mol. The van der Waals surface area contributed by atoms with Crippen molar-refractivity contribution in [3.8, 4) is 0 Å². The number of aliphatic hydroxyl groups excluding tert-OH is 3. The lowest BCUT2D eigenvalue weighted by Gasteiger charge is -2.05. The van der Waals surface area contributed by atoms with Crippen LogP contribution in [0.2, 0.25) is 0 Å². The van der Waals surface area contributed by atoms with Crippen LogP contribution in [0, 0.1) is 0 Å². The summed E-state index contributed by atoms with van der Waals surface area (Å²) in [6.45, 7) is 14.0. The van der Waals surface area contributed by atoms with Crippen LogP contribution >= 0.6 is 0 Å². The van der Waals surface area contributed by atoms with Crippen LogP contribution in [0.1, 0.15) is 26.7 Å². The molecule has 0 saturated carbocycles. The molecular weight excluding hydrogens is 492 g/mol. The second-order valence-corrected chi connectivity index (χ2v) is 7.00. The maximum absolute atomic E-state index is 8.40. The molecule has 0 rings (SSSR count). The van der Waals surface area contributed by atoms with Gasteiger partial charge in [0.05, 0.1) is 119 Å². The topological polar surface area (TPSA) is 144 Å². The molecule has 0 amide bonds. The molecule has 37 heavy (non-hydrogen) atoms. The summed E-state index contributed by atoms with van der Waals surface area (Å²) in [5.41, 5.74) is 0. The van der Waals surface area contributed by atoms with Crippen LogP contribution in [-0.4, -0.2) is 155 Å². The molecule has 228 valence electrons. The van der Waals surface area contributed by atoms with Gasteiger partial charge < -0.3 is 58.0 Å². The zero-order chi connectivity index (χ0) is 27.9. The number of aliphatic hydroxyl groups is 3. The maximum atomic E-state index is 8.40. The average Bonchev–Trinajstić information content (AvgIpc) is 2.92. The fourth-order valence-electron chi connectivity index (χ4n) is 2.03. The van der Waals surface area contributed by atoms with Gasteiger partial charge in [-0.15, -0.1) is 0 Å². The molecule has 12 nitrogen and oxygen atoms in total. The van der Waals surface area contributed by atoms with Gasteiger partial charge in [-0.25, -0.2) is 0 Å². The van der Waals surface area contributed by atoms with Crippen LogP contribution in [0.25, 0.3) is 0 Å². The van der Waals surface area contributed by atoms with Crippen molar-refractivity contribution < 1.29 is 58.0 Å². The van der Waals surface area contributed by atoms with Gasteiger partial charge in [-0.3, -0.25) is 0 Å². The third-order valence-electron chi connectivity index (χ3n) is 3.85. The number of methoxy groups -OCH3 is 1. The molecule has 0 unspecified atom stereocenters. The first kappa shape index (κ1) is 41.0. The van der Waals surface area contributed by atoms with Gasteiger partial charge in [-0.1, -0.05) is 13.3 Å². The zero-order valence-corrected chi connectivity index (χ0v) is 23.6. The highest BCUT2D eigenvalue weighted by Crippen LogP contribution is 1.88. The minimum absolute atomic E-state index is 0.0675. The summed E-state index contributed by atoms with van der Waals surface area (Å²) in [5, 5.41) is 25.1. The first-order valence-corrected chi connectivity index (χ1v) is 13.2. The number of hydrogen-bond donors (Lipinski definition) is 3. The Morgan fingerprint density at radius 1 is 0.378 bits per heavy atom. The summed E-state index contributed by atoms with van der Waals surface area (Å²) in [6, 6.07) is 0. The predicted octanol–water partition coefficient (Wildman–Crippen LogP) is 0.535. The molecule has 0 aromatic heterocycles. The quantitative estimate of drug-likeness (QED) is 0.117. The van der Waals surface area contributed by atoms with Crippen molar-refractivity contribution in [2.45, 2.75) is 26.7 Å². The summed E-state index contributed by atoms with van der Waals surface area (Å²) < 4.78 is 45.5. The summed E-state index contributed by atoms with van der Waals surface area (Å²) >= 11 is 0. The van der Waals surface area contributed by atoms with E-state index in [1.54, 1.807) is 7.11 Å². The van der Waals surface area contributed by atoms with Gasteiger partial charge in [0.2, 0.25) is 0 Å². The van der Waals surface area contributed by atoms with E-state index in [0.717, 1.165) is 26.1 Å². The fraction of sp³-hybridized carbons (Fsp3) is 1.00. The molecule has 0 atom stereocenters. The molecule has 0 bridgehead atoms. The average molecular weight is 549 g/mol. The van der Waals surface area contributed by atoms with Gasteiger partial charge in [-0.05, 0) is 13.3 Å². The molecule has 0 aliphatic carbocycles. The van der Waals surface area contributed by atoms with Crippen LogP contribution in [0.5, 0.6) is 0 Å². The maximum Gasteiger partial charge on any atom is 0.0701 e. The lowest BCUT2D eigenvalue weighted by molar-refractivity contribution is 0.00735. The zero-order valence-electron chi connectivity index (χ0n) is 23.6. The largest absolute Gasteiger partial charge is 0.394 e. The minimum Gasteiger partial charge on any atom is -0.394 e. The van der Waals surface area contributed by atoms with Gasteiger partial charge in [0.1, 0.15) is 0 Å². The van der Waals surface area contributed by atoms with Crippen LogP contribution < -0.4 is 0 Å². The number of ether oxygens (including phenoxy) is 9. The van der Waals surface area contributed by atoms with Crippen molar-refractivity contribution in [1.29, 1.82) is 0 Å². The minimum atomic E-state index is 0.0675. The van der Waals surface area contributed by atoms with Gasteiger partial charge >= 0.3 is 0 Å². The van der Waals surface area contributed by atoms with Crippen molar-refractivity contribution in [2.75, 3.05) is 139 Å². The first-order chi connectivity index (χ1) is 18.2. The highest BCUT2D eigenvalue weighted by molar-refractivity contribution is 4.35. The molecule has 0 aliphatic rings. The van der Waals surface area contributed by atoms with Crippen molar-refractivity contribution in [2.24, 2.45) is 0 Å². The standard InChI is InChI=1S/C10H22O4.C8H18O4.C7H16O4/c1-2-3-5-12-7-9-14-10-8-13-6-4-11;1-2-10-5-6-12-8-7-11-4-3-9;1-9-4-5-11-7-6-10-3-2-8/h11H,2-10H2,1H3;9H,2-8H2,1H3;8H,2-7H2,1H3. The van der Waals surface area contributed by atoms with E-state index in [0.29, 0.717) is 99.1 Å². The highest BCUT2D eigenvalue weighted by atomic mass is 16.6. The predicted molar refractivity (Wildman–Crippen MR) is 140 cm³/mol. The second-order valence-electron chi connectivity index (χ2n) is 7.00. The number of rotatable bonds is 28. The van der Waals surface area contributed by atoms with E-state index in [1.807, 2.05) is 6.92 Å². The molecule has 12 heteroatoms. The van der Waals surface area contributed by atoms with E-state index in [1.165, 1.54) is 0 Å². The van der Waals surface area contributed by atoms with Gasteiger partial charge in [0.25, 0.3) is 0 Å². The van der Waals surface area contributed by atoms with Crippen LogP contribution in [0.3, 0.4) is 0 Å². The molecule has 0 radical (unpaired) electrons. The molecule has 0 fully saturated rings. The lowest BCUT2D eigenvalue weighted by atomic mass is 10.4. The normalized spacial score (nSPS) is 10.5. The lowest BCUT2D eigenvalue weighted by Crippen LogP contribution is -2.11. The number of hydrogen-bond acceptors (Lipinski definition) is 12. The van der Waals surface area contributed by atoms with E-state index >= 15 is 0 Å². The van der Waals surface area contributed by atoms with Gasteiger partial charge in [-0.2, -0.15) is 0 Å². The Hall–Kier alpha value is -0.480. The SMILES string of the molecule is CCCCOCCOCCOCCO.CCOCCOCCOCCO.COCCOCCOCCO. The summed E-state index contributed by atoms with van der Waals surface area (Å²) in [4.78, 5) is 0. The van der Waals surface area contributed by atoms with E-state index in [2.05, 4.69) is 6.92 Å². The molecule has 0 aromatic rings. The molecule has 0 saturated heterocycles. The van der Waals surface area contributed by atoms with Crippen molar-refractivity contribution in [1.82, 2.24) is 0 Å². The van der Waals surface area contributed by atoms with E-state index in [4.69, 9.17) is 58.0 Å². The Balaban J connectivity index is -0.000000473. The number of unbranched alkanes of at least 4 members (excludes halogenated alkanes) is 1. The molecular formula is C25H56O12. The van der Waals surface area contributed by atoms with Crippen molar-refractivity contribution >= 4 is 0 Å². The Bertz CT molecular complexity index is 311. The third-order valence-corrected chi connectivity index (χ3v) is 3.85. The first-order valence-electron chi connectivity index (χ1n) is 13.2. The Morgan fingerprint density at radius 3 is 0.973 bits per heavy atom. The molecule has 0 aromatic carbocycles. The van der Waals surface area contributed by atoms with Crippen LogP contribution in [0.4, 0.5) is 0 Å². The highest BCUT2D eigenvalue weighted by Gasteiger charge is 1.91. The molecule has 0 spiro atoms. The van der Waals surface area contributed by atoms with Crippen molar-refractivity contribution in [3.63, 3.8) is 0 Å². The Kier molecular flexibility index (Phi) is 50.4. The van der Waals surface area contributed by atoms with E-state index in [9.17, 15) is 0 Å². The smallest absolute Gasteiger partial charge is 0.0701 e. The molecule has 3 N–H and O–H groups in total. The Labute approximate surface area is 224 Å². The summed E-state index contributed by atoms with van der Waals surface area (Å²) in [5.74, 6) is 0. The van der Waals surface area contributed by atoms with Crippen molar-refractivity contribution in [3.05, 3.63) is 0 Å².